The van der Waals surface area contributed by atoms with Crippen molar-refractivity contribution in [3.05, 3.63) is 0 Å². The predicted octanol–water partition coefficient (Wildman–Crippen LogP) is 3.29. The highest BCUT2D eigenvalue weighted by Crippen LogP contribution is 2.56. The molecule has 1 heterocycles. The fraction of sp³-hybridized carbons (Fsp3) is 1.00. The van der Waals surface area contributed by atoms with E-state index in [1.165, 1.54) is 32.1 Å². The largest absolute Gasteiger partial charge is 0.0777 e. The second-order valence-corrected chi connectivity index (χ2v) is 5.97. The van der Waals surface area contributed by atoms with E-state index in [0.29, 0.717) is 0 Å². The van der Waals surface area contributed by atoms with Crippen molar-refractivity contribution >= 4 is 21.6 Å². The van der Waals surface area contributed by atoms with Gasteiger partial charge in [-0.1, -0.05) is 40.9 Å². The van der Waals surface area contributed by atoms with E-state index in [1.54, 1.807) is 0 Å². The van der Waals surface area contributed by atoms with Crippen molar-refractivity contribution in [2.75, 3.05) is 0 Å². The Morgan fingerprint density at radius 1 is 1.11 bits per heavy atom. The minimum Gasteiger partial charge on any atom is -0.0777 e. The van der Waals surface area contributed by atoms with Gasteiger partial charge < -0.3 is 0 Å². The van der Waals surface area contributed by atoms with Crippen LogP contribution in [0, 0.1) is 5.92 Å². The van der Waals surface area contributed by atoms with Gasteiger partial charge in [0.2, 0.25) is 0 Å². The van der Waals surface area contributed by atoms with Gasteiger partial charge in [0.15, 0.2) is 0 Å². The summed E-state index contributed by atoms with van der Waals surface area (Å²) in [5, 5.41) is 0. The van der Waals surface area contributed by atoms with E-state index >= 15 is 0 Å². The van der Waals surface area contributed by atoms with Crippen LogP contribution in [-0.2, 0) is 0 Å². The van der Waals surface area contributed by atoms with Crippen LogP contribution in [0.5, 0.6) is 0 Å². The summed E-state index contributed by atoms with van der Waals surface area (Å²) in [6.45, 7) is 0. The maximum Gasteiger partial charge on any atom is 0.0710 e. The van der Waals surface area contributed by atoms with E-state index in [9.17, 15) is 0 Å². The molecular weight excluding hydrogens is 148 g/mol. The number of hydrogen-bond donors (Lipinski definition) is 0. The van der Waals surface area contributed by atoms with Crippen LogP contribution in [-0.4, -0.2) is 4.58 Å². The first-order chi connectivity index (χ1) is 4.45. The molecule has 1 aliphatic heterocycles. The van der Waals surface area contributed by atoms with Crippen LogP contribution in [0.3, 0.4) is 0 Å². The van der Waals surface area contributed by atoms with Crippen LogP contribution in [0.15, 0.2) is 0 Å². The minimum atomic E-state index is 1.01. The normalized spacial score (nSPS) is 28.0. The zero-order chi connectivity index (χ0) is 6.10. The van der Waals surface area contributed by atoms with Crippen LogP contribution in [0.25, 0.3) is 0 Å². The molecule has 2 heteroatoms. The summed E-state index contributed by atoms with van der Waals surface area (Å²) >= 11 is 0. The summed E-state index contributed by atoms with van der Waals surface area (Å²) in [7, 11) is 4.12. The van der Waals surface area contributed by atoms with Crippen LogP contribution in [0.1, 0.15) is 32.1 Å². The molecule has 0 nitrogen and oxygen atoms in total. The molecule has 0 amide bonds. The molecule has 2 aliphatic rings. The molecule has 0 aromatic rings. The highest BCUT2D eigenvalue weighted by Gasteiger charge is 2.26. The van der Waals surface area contributed by atoms with Gasteiger partial charge in [-0.3, -0.25) is 0 Å². The predicted molar refractivity (Wildman–Crippen MR) is 45.5 cm³/mol. The van der Waals surface area contributed by atoms with E-state index in [1.807, 2.05) is 0 Å². The highest BCUT2D eigenvalue weighted by atomic mass is 33.2. The van der Waals surface area contributed by atoms with E-state index in [0.717, 1.165) is 10.5 Å². The Hall–Kier alpha value is 0.700. The molecule has 0 N–H and O–H groups in total. The van der Waals surface area contributed by atoms with Crippen LogP contribution in [0.2, 0.25) is 0 Å². The monoisotopic (exact) mass is 160 g/mol. The Morgan fingerprint density at radius 3 is 2.33 bits per heavy atom. The summed E-state index contributed by atoms with van der Waals surface area (Å²) in [4.78, 5) is 0. The van der Waals surface area contributed by atoms with Crippen molar-refractivity contribution in [3.8, 4) is 0 Å². The van der Waals surface area contributed by atoms with Crippen molar-refractivity contribution in [2.24, 2.45) is 5.92 Å². The quantitative estimate of drug-likeness (QED) is 0.459. The molecule has 0 aromatic heterocycles. The van der Waals surface area contributed by atoms with E-state index < -0.39 is 0 Å². The number of rotatable bonds is 3. The molecule has 1 saturated heterocycles. The fourth-order valence-corrected chi connectivity index (χ4v) is 2.65. The lowest BCUT2D eigenvalue weighted by Crippen LogP contribution is -2.10. The molecule has 0 unspecified atom stereocenters. The Kier molecular flexibility index (Phi) is 1.96. The average Bonchev–Trinajstić information content (AvgIpc) is 2.44. The van der Waals surface area contributed by atoms with Crippen molar-refractivity contribution < 1.29 is 0 Å². The Balaban J connectivity index is 1.55. The first-order valence-electron chi connectivity index (χ1n) is 3.77. The second kappa shape index (κ2) is 2.75. The van der Waals surface area contributed by atoms with Crippen LogP contribution in [0.4, 0.5) is 0 Å². The Labute approximate surface area is 64.6 Å². The van der Waals surface area contributed by atoms with Gasteiger partial charge >= 0.3 is 0 Å². The molecule has 2 rings (SSSR count). The Morgan fingerprint density at radius 2 is 1.89 bits per heavy atom. The lowest BCUT2D eigenvalue weighted by atomic mass is 9.82. The van der Waals surface area contributed by atoms with E-state index in [4.69, 9.17) is 0 Å². The topological polar surface area (TPSA) is 0 Å². The molecular formula is C7H12S2. The Bertz CT molecular complexity index is 95.1. The van der Waals surface area contributed by atoms with Gasteiger partial charge in [0.05, 0.1) is 4.58 Å². The van der Waals surface area contributed by atoms with Gasteiger partial charge in [-0.25, -0.2) is 0 Å². The summed E-state index contributed by atoms with van der Waals surface area (Å²) in [6, 6.07) is 0. The zero-order valence-corrected chi connectivity index (χ0v) is 7.14. The van der Waals surface area contributed by atoms with Crippen molar-refractivity contribution in [1.29, 1.82) is 0 Å². The van der Waals surface area contributed by atoms with Gasteiger partial charge in [-0.2, -0.15) is 0 Å². The second-order valence-electron chi connectivity index (χ2n) is 3.00. The third-order valence-electron chi connectivity index (χ3n) is 2.27. The summed E-state index contributed by atoms with van der Waals surface area (Å²) in [5.74, 6) is 1.13. The lowest BCUT2D eigenvalue weighted by Gasteiger charge is -2.24. The van der Waals surface area contributed by atoms with Gasteiger partial charge in [0, 0.05) is 0 Å². The van der Waals surface area contributed by atoms with E-state index in [2.05, 4.69) is 21.6 Å². The third-order valence-corrected chi connectivity index (χ3v) is 4.60. The first-order valence-corrected chi connectivity index (χ1v) is 6.05. The smallest absolute Gasteiger partial charge is 0.0710 e. The van der Waals surface area contributed by atoms with Crippen molar-refractivity contribution in [2.45, 2.75) is 36.7 Å². The SMILES string of the molecule is C1CC(CCC2SS2)C1. The molecule has 0 radical (unpaired) electrons. The molecule has 9 heavy (non-hydrogen) atoms. The summed E-state index contributed by atoms with van der Waals surface area (Å²) in [6.07, 6.45) is 7.57. The van der Waals surface area contributed by atoms with Crippen molar-refractivity contribution in [3.63, 3.8) is 0 Å². The van der Waals surface area contributed by atoms with Gasteiger partial charge in [0.1, 0.15) is 0 Å². The van der Waals surface area contributed by atoms with Gasteiger partial charge in [0.25, 0.3) is 0 Å². The fourth-order valence-electron chi connectivity index (χ4n) is 1.29. The van der Waals surface area contributed by atoms with Crippen molar-refractivity contribution in [1.82, 2.24) is 0 Å². The molecule has 1 saturated carbocycles. The molecule has 2 fully saturated rings. The summed E-state index contributed by atoms with van der Waals surface area (Å²) in [5.41, 5.74) is 0. The average molecular weight is 160 g/mol. The van der Waals surface area contributed by atoms with Crippen LogP contribution >= 0.6 is 21.6 Å². The molecule has 0 spiro atoms. The number of hydrogen-bond acceptors (Lipinski definition) is 2. The molecule has 0 bridgehead atoms. The maximum absolute atomic E-state index is 2.06. The van der Waals surface area contributed by atoms with Gasteiger partial charge in [-0.05, 0) is 18.8 Å². The molecule has 52 valence electrons. The zero-order valence-electron chi connectivity index (χ0n) is 5.51. The minimum absolute atomic E-state index is 1.01. The van der Waals surface area contributed by atoms with Gasteiger partial charge in [-0.15, -0.1) is 0 Å². The molecule has 0 atom stereocenters. The standard InChI is InChI=1S/C7H12S2/c1-2-6(3-1)4-5-7-8-9-7/h6-7H,1-5H2. The highest BCUT2D eigenvalue weighted by molar-refractivity contribution is 8.92. The van der Waals surface area contributed by atoms with Crippen LogP contribution < -0.4 is 0 Å². The van der Waals surface area contributed by atoms with E-state index in [-0.39, 0.29) is 0 Å². The summed E-state index contributed by atoms with van der Waals surface area (Å²) < 4.78 is 1.01. The maximum atomic E-state index is 2.06. The third kappa shape index (κ3) is 1.81. The molecule has 0 aromatic carbocycles. The molecule has 1 aliphatic carbocycles. The first kappa shape index (κ1) is 6.41. The lowest BCUT2D eigenvalue weighted by molar-refractivity contribution is 0.293.